The summed E-state index contributed by atoms with van der Waals surface area (Å²) >= 11 is 0. The summed E-state index contributed by atoms with van der Waals surface area (Å²) in [4.78, 5) is 24.3. The number of piperazine rings is 1. The number of aromatic amines is 1. The average Bonchev–Trinajstić information content (AvgIpc) is 3.49. The number of carbonyl (C=O) groups is 1. The first-order valence-corrected chi connectivity index (χ1v) is 14.5. The third kappa shape index (κ3) is 3.11. The van der Waals surface area contributed by atoms with Crippen molar-refractivity contribution >= 4 is 11.6 Å². The summed E-state index contributed by atoms with van der Waals surface area (Å²) in [6.45, 7) is 5.84. The van der Waals surface area contributed by atoms with Gasteiger partial charge in [-0.25, -0.2) is 4.39 Å². The Morgan fingerprint density at radius 2 is 1.85 bits per heavy atom. The molecule has 3 aromatic rings. The van der Waals surface area contributed by atoms with Crippen LogP contribution in [0.2, 0.25) is 0 Å². The molecule has 1 amide bonds. The summed E-state index contributed by atoms with van der Waals surface area (Å²) in [7, 11) is 3.98. The van der Waals surface area contributed by atoms with Crippen molar-refractivity contribution in [3.05, 3.63) is 75.9 Å². The van der Waals surface area contributed by atoms with Gasteiger partial charge in [-0.1, -0.05) is 6.07 Å². The SMILES string of the molecule is COc1ccc2c3c1O[C@H]1c4[nH]c(C(=O)N5CCN(c6ccc(F)cc6)CC5)c(C)c4CC4[C@H](C2)N(C)CC[C@@]341. The maximum absolute atomic E-state index is 13.9. The largest absolute Gasteiger partial charge is 0.493 e. The predicted octanol–water partition coefficient (Wildman–Crippen LogP) is 4.24. The van der Waals surface area contributed by atoms with Crippen LogP contribution in [-0.4, -0.2) is 73.6 Å². The van der Waals surface area contributed by atoms with E-state index in [0.717, 1.165) is 67.3 Å². The standard InChI is InChI=1S/C32H35FN4O3/c1-18-22-17-23-24-16-19-4-9-25(39-3)29-26(19)32(23,10-11-35(24)2)30(40-29)28(22)34-27(18)31(38)37-14-12-36(13-15-37)21-7-5-20(33)6-8-21/h4-9,23-24,30,34H,10-17H2,1-3H3/t23?,24-,30-,32-/m0/s1. The highest BCUT2D eigenvalue weighted by Crippen LogP contribution is 2.67. The Bertz CT molecular complexity index is 1530. The van der Waals surface area contributed by atoms with Crippen LogP contribution in [0.15, 0.2) is 36.4 Å². The number of rotatable bonds is 3. The number of benzene rings is 2. The molecule has 1 spiro atoms. The Morgan fingerprint density at radius 1 is 1.07 bits per heavy atom. The fraction of sp³-hybridized carbons (Fsp3) is 0.469. The minimum absolute atomic E-state index is 0.0556. The summed E-state index contributed by atoms with van der Waals surface area (Å²) in [6.07, 6.45) is 2.87. The van der Waals surface area contributed by atoms with Gasteiger partial charge in [0.05, 0.1) is 12.8 Å². The quantitative estimate of drug-likeness (QED) is 0.537. The zero-order chi connectivity index (χ0) is 27.3. The molecule has 1 unspecified atom stereocenters. The number of aromatic nitrogens is 1. The van der Waals surface area contributed by atoms with E-state index in [0.29, 0.717) is 30.7 Å². The van der Waals surface area contributed by atoms with E-state index in [2.05, 4.69) is 40.9 Å². The van der Waals surface area contributed by atoms with E-state index in [-0.39, 0.29) is 23.2 Å². The van der Waals surface area contributed by atoms with Crippen LogP contribution in [0.1, 0.15) is 51.0 Å². The van der Waals surface area contributed by atoms with E-state index in [4.69, 9.17) is 9.47 Å². The van der Waals surface area contributed by atoms with Crippen LogP contribution in [0.4, 0.5) is 10.1 Å². The number of piperidine rings is 1. The number of nitrogens with zero attached hydrogens (tertiary/aromatic N) is 3. The van der Waals surface area contributed by atoms with Gasteiger partial charge in [0.25, 0.3) is 5.91 Å². The molecule has 4 atom stereocenters. The fourth-order valence-electron chi connectivity index (χ4n) is 8.63. The summed E-state index contributed by atoms with van der Waals surface area (Å²) in [5.74, 6) is 1.96. The van der Waals surface area contributed by atoms with Crippen molar-refractivity contribution in [3.8, 4) is 11.5 Å². The van der Waals surface area contributed by atoms with E-state index in [1.807, 2.05) is 17.0 Å². The molecule has 208 valence electrons. The van der Waals surface area contributed by atoms with Crippen molar-refractivity contribution in [2.45, 2.75) is 43.7 Å². The zero-order valence-corrected chi connectivity index (χ0v) is 23.3. The van der Waals surface area contributed by atoms with E-state index in [9.17, 15) is 9.18 Å². The Balaban J connectivity index is 1.14. The maximum atomic E-state index is 13.9. The van der Waals surface area contributed by atoms with Gasteiger partial charge in [0, 0.05) is 48.9 Å². The number of methoxy groups -OCH3 is 1. The number of H-pyrrole nitrogens is 1. The normalized spacial score (nSPS) is 28.1. The lowest BCUT2D eigenvalue weighted by molar-refractivity contribution is -0.0256. The molecule has 2 fully saturated rings. The first-order valence-electron chi connectivity index (χ1n) is 14.5. The molecule has 5 aliphatic rings. The highest BCUT2D eigenvalue weighted by molar-refractivity contribution is 5.95. The van der Waals surface area contributed by atoms with E-state index in [1.54, 1.807) is 7.11 Å². The molecule has 7 nitrogen and oxygen atoms in total. The molecule has 0 saturated carbocycles. The molecule has 8 rings (SSSR count). The smallest absolute Gasteiger partial charge is 0.270 e. The summed E-state index contributed by atoms with van der Waals surface area (Å²) in [5.41, 5.74) is 7.73. The lowest BCUT2D eigenvalue weighted by Crippen LogP contribution is -2.62. The minimum Gasteiger partial charge on any atom is -0.493 e. The maximum Gasteiger partial charge on any atom is 0.270 e. The number of hydrogen-bond acceptors (Lipinski definition) is 5. The van der Waals surface area contributed by atoms with E-state index in [1.165, 1.54) is 28.8 Å². The molecular formula is C32H35FN4O3. The van der Waals surface area contributed by atoms with Crippen LogP contribution < -0.4 is 14.4 Å². The second kappa shape index (κ2) is 8.49. The van der Waals surface area contributed by atoms with E-state index < -0.39 is 0 Å². The number of nitrogens with one attached hydrogen (secondary N) is 1. The molecule has 1 aromatic heterocycles. The van der Waals surface area contributed by atoms with Crippen LogP contribution in [-0.2, 0) is 18.3 Å². The van der Waals surface area contributed by atoms with Gasteiger partial charge >= 0.3 is 0 Å². The minimum atomic E-state index is -0.234. The van der Waals surface area contributed by atoms with Crippen LogP contribution in [0, 0.1) is 18.7 Å². The lowest BCUT2D eigenvalue weighted by Gasteiger charge is -2.57. The van der Waals surface area contributed by atoms with Crippen LogP contribution in [0.5, 0.6) is 11.5 Å². The number of likely N-dealkylation sites (N-methyl/N-ethyl adjacent to an activating group) is 1. The number of anilines is 1. The van der Waals surface area contributed by atoms with Gasteiger partial charge in [-0.2, -0.15) is 0 Å². The van der Waals surface area contributed by atoms with Gasteiger partial charge in [-0.05, 0) is 92.7 Å². The number of fused-ring (bicyclic) bond motifs is 2. The number of ether oxygens (including phenoxy) is 2. The van der Waals surface area contributed by atoms with Gasteiger partial charge in [-0.15, -0.1) is 0 Å². The van der Waals surface area contributed by atoms with Gasteiger partial charge in [-0.3, -0.25) is 4.79 Å². The molecular weight excluding hydrogens is 507 g/mol. The Kier molecular flexibility index (Phi) is 5.16. The predicted molar refractivity (Wildman–Crippen MR) is 150 cm³/mol. The number of carbonyl (C=O) groups excluding carboxylic acids is 1. The number of halogens is 1. The molecule has 4 heterocycles. The Labute approximate surface area is 233 Å². The van der Waals surface area contributed by atoms with Crippen LogP contribution in [0.3, 0.4) is 0 Å². The molecule has 3 aliphatic heterocycles. The number of hydrogen-bond donors (Lipinski definition) is 1. The lowest BCUT2D eigenvalue weighted by atomic mass is 9.51. The van der Waals surface area contributed by atoms with Crippen LogP contribution >= 0.6 is 0 Å². The summed E-state index contributed by atoms with van der Waals surface area (Å²) in [6, 6.07) is 11.3. The Hall–Kier alpha value is -3.52. The van der Waals surface area contributed by atoms with Crippen molar-refractivity contribution in [1.82, 2.24) is 14.8 Å². The molecule has 1 N–H and O–H groups in total. The van der Waals surface area contributed by atoms with Gasteiger partial charge in [0.1, 0.15) is 17.6 Å². The summed E-state index contributed by atoms with van der Waals surface area (Å²) < 4.78 is 26.1. The second-order valence-electron chi connectivity index (χ2n) is 12.3. The third-order valence-electron chi connectivity index (χ3n) is 10.7. The average molecular weight is 543 g/mol. The first kappa shape index (κ1) is 24.3. The highest BCUT2D eigenvalue weighted by atomic mass is 19.1. The molecule has 0 radical (unpaired) electrons. The third-order valence-corrected chi connectivity index (χ3v) is 10.7. The summed E-state index contributed by atoms with van der Waals surface area (Å²) in [5, 5.41) is 0. The molecule has 2 saturated heterocycles. The van der Waals surface area contributed by atoms with E-state index >= 15 is 0 Å². The fourth-order valence-corrected chi connectivity index (χ4v) is 8.63. The monoisotopic (exact) mass is 542 g/mol. The van der Waals surface area contributed by atoms with Crippen molar-refractivity contribution in [2.75, 3.05) is 51.8 Å². The van der Waals surface area contributed by atoms with Crippen molar-refractivity contribution in [2.24, 2.45) is 5.92 Å². The first-order chi connectivity index (χ1) is 19.4. The molecule has 8 heteroatoms. The van der Waals surface area contributed by atoms with Gasteiger partial charge in [0.15, 0.2) is 11.5 Å². The van der Waals surface area contributed by atoms with Gasteiger partial charge in [0.2, 0.25) is 0 Å². The van der Waals surface area contributed by atoms with Crippen molar-refractivity contribution in [1.29, 1.82) is 0 Å². The molecule has 2 bridgehead atoms. The van der Waals surface area contributed by atoms with Crippen molar-refractivity contribution in [3.63, 3.8) is 0 Å². The molecule has 40 heavy (non-hydrogen) atoms. The topological polar surface area (TPSA) is 61.0 Å². The van der Waals surface area contributed by atoms with Gasteiger partial charge < -0.3 is 29.2 Å². The second-order valence-corrected chi connectivity index (χ2v) is 12.3. The molecule has 2 aromatic carbocycles. The number of amides is 1. The zero-order valence-electron chi connectivity index (χ0n) is 23.3. The molecule has 2 aliphatic carbocycles. The van der Waals surface area contributed by atoms with Crippen LogP contribution in [0.25, 0.3) is 0 Å². The highest BCUT2D eigenvalue weighted by Gasteiger charge is 2.65. The van der Waals surface area contributed by atoms with Crippen molar-refractivity contribution < 1.29 is 18.7 Å². The Morgan fingerprint density at radius 3 is 2.60 bits per heavy atom. The number of likely N-dealkylation sites (tertiary alicyclic amines) is 1.